The lowest BCUT2D eigenvalue weighted by atomic mass is 9.89. The molecule has 1 aromatic carbocycles. The van der Waals surface area contributed by atoms with E-state index in [9.17, 15) is 9.59 Å². The largest absolute Gasteiger partial charge is 0.491 e. The van der Waals surface area contributed by atoms with Gasteiger partial charge in [-0.3, -0.25) is 9.59 Å². The van der Waals surface area contributed by atoms with Crippen LogP contribution in [0.1, 0.15) is 74.2 Å². The van der Waals surface area contributed by atoms with Gasteiger partial charge < -0.3 is 30.1 Å². The molecular formula is C32H43N7O3. The van der Waals surface area contributed by atoms with Crippen LogP contribution in [0.2, 0.25) is 0 Å². The maximum absolute atomic E-state index is 13.5. The molecule has 4 heterocycles. The van der Waals surface area contributed by atoms with Crippen LogP contribution in [0, 0.1) is 11.8 Å². The molecule has 4 atom stereocenters. The van der Waals surface area contributed by atoms with Crippen LogP contribution in [0.15, 0.2) is 18.3 Å². The minimum atomic E-state index is -0.219. The number of likely N-dealkylation sites (N-methyl/N-ethyl adjacent to an activating group) is 1. The van der Waals surface area contributed by atoms with E-state index in [-0.39, 0.29) is 23.9 Å². The highest BCUT2D eigenvalue weighted by Crippen LogP contribution is 2.42. The van der Waals surface area contributed by atoms with Crippen LogP contribution in [0.3, 0.4) is 0 Å². The minimum absolute atomic E-state index is 0.00384. The average Bonchev–Trinajstić information content (AvgIpc) is 3.76. The highest BCUT2D eigenvalue weighted by atomic mass is 16.5. The number of amides is 2. The molecule has 224 valence electrons. The third-order valence-electron chi connectivity index (χ3n) is 10.4. The third kappa shape index (κ3) is 4.77. The molecule has 1 aromatic heterocycles. The number of carbonyl (C=O) groups excluding carboxylic acids is 2. The molecule has 0 spiro atoms. The lowest BCUT2D eigenvalue weighted by molar-refractivity contribution is -0.120. The number of anilines is 4. The molecule has 2 aliphatic carbocycles. The van der Waals surface area contributed by atoms with Crippen molar-refractivity contribution in [3.8, 4) is 5.75 Å². The van der Waals surface area contributed by atoms with Gasteiger partial charge in [0.05, 0.1) is 18.5 Å². The first-order valence-corrected chi connectivity index (χ1v) is 15.9. The summed E-state index contributed by atoms with van der Waals surface area (Å²) >= 11 is 0. The smallest absolute Gasteiger partial charge is 0.251 e. The van der Waals surface area contributed by atoms with Crippen molar-refractivity contribution in [3.05, 3.63) is 29.5 Å². The summed E-state index contributed by atoms with van der Waals surface area (Å²) in [5.41, 5.74) is 3.14. The molecule has 7 rings (SSSR count). The van der Waals surface area contributed by atoms with Crippen molar-refractivity contribution in [1.82, 2.24) is 20.2 Å². The number of hydrogen-bond acceptors (Lipinski definition) is 8. The molecule has 2 aromatic rings. The molecule has 3 fully saturated rings. The summed E-state index contributed by atoms with van der Waals surface area (Å²) in [4.78, 5) is 42.7. The summed E-state index contributed by atoms with van der Waals surface area (Å²) in [5, 5.41) is 6.74. The van der Waals surface area contributed by atoms with Crippen molar-refractivity contribution < 1.29 is 14.3 Å². The second kappa shape index (κ2) is 11.0. The predicted octanol–water partition coefficient (Wildman–Crippen LogP) is 4.12. The monoisotopic (exact) mass is 573 g/mol. The van der Waals surface area contributed by atoms with Gasteiger partial charge in [-0.2, -0.15) is 4.98 Å². The number of carbonyl (C=O) groups is 2. The van der Waals surface area contributed by atoms with Crippen LogP contribution in [-0.2, 0) is 11.2 Å². The number of rotatable bonds is 6. The Morgan fingerprint density at radius 2 is 1.93 bits per heavy atom. The molecule has 2 N–H and O–H groups in total. The number of nitrogens with one attached hydrogen (secondary N) is 2. The highest BCUT2D eigenvalue weighted by molar-refractivity contribution is 6.04. The zero-order valence-corrected chi connectivity index (χ0v) is 25.1. The van der Waals surface area contributed by atoms with Gasteiger partial charge in [0, 0.05) is 43.2 Å². The molecule has 1 saturated heterocycles. The SMILES string of the molecule is CC[C@@H]1C(=O)N(C)c2cnc(Nc3ccc(C(=O)NC4C[C@@H]5CCN(C)C[C@@H]5C4)c4c3OCC4)nc2N1C1CCCC1. The van der Waals surface area contributed by atoms with E-state index in [0.717, 1.165) is 73.9 Å². The molecule has 3 aliphatic heterocycles. The third-order valence-corrected chi connectivity index (χ3v) is 10.4. The highest BCUT2D eigenvalue weighted by Gasteiger charge is 2.42. The van der Waals surface area contributed by atoms with Gasteiger partial charge in [-0.15, -0.1) is 0 Å². The Morgan fingerprint density at radius 3 is 2.74 bits per heavy atom. The van der Waals surface area contributed by atoms with Crippen LogP contribution in [-0.4, -0.2) is 78.6 Å². The Kier molecular flexibility index (Phi) is 7.20. The standard InChI is InChI=1S/C32H43N7O3/c1-4-26-31(41)38(3)27-17-33-32(36-29(27)39(26)22-7-5-6-8-22)35-25-10-9-24(23-12-14-42-28(23)25)30(40)34-21-15-19-11-13-37(2)18-20(19)16-21/h9-10,17,19-22,26H,4-8,11-16,18H2,1-3H3,(H,34,40)(H,33,35,36)/t19-,20-,21?,26+/m0/s1. The van der Waals surface area contributed by atoms with Crippen molar-refractivity contribution in [2.75, 3.05) is 48.9 Å². The number of fused-ring (bicyclic) bond motifs is 3. The summed E-state index contributed by atoms with van der Waals surface area (Å²) in [7, 11) is 4.01. The summed E-state index contributed by atoms with van der Waals surface area (Å²) in [6.07, 6.45) is 11.0. The molecular weight excluding hydrogens is 530 g/mol. The van der Waals surface area contributed by atoms with Crippen LogP contribution < -0.4 is 25.2 Å². The first-order valence-electron chi connectivity index (χ1n) is 15.9. The Labute approximate surface area is 248 Å². The van der Waals surface area contributed by atoms with Crippen molar-refractivity contribution in [2.24, 2.45) is 11.8 Å². The molecule has 10 nitrogen and oxygen atoms in total. The molecule has 42 heavy (non-hydrogen) atoms. The number of hydrogen-bond donors (Lipinski definition) is 2. The van der Waals surface area contributed by atoms with E-state index in [4.69, 9.17) is 9.72 Å². The van der Waals surface area contributed by atoms with E-state index in [2.05, 4.69) is 39.4 Å². The zero-order valence-electron chi connectivity index (χ0n) is 25.1. The molecule has 10 heteroatoms. The van der Waals surface area contributed by atoms with Crippen LogP contribution in [0.25, 0.3) is 0 Å². The summed E-state index contributed by atoms with van der Waals surface area (Å²) in [6, 6.07) is 4.14. The molecule has 2 amide bonds. The van der Waals surface area contributed by atoms with Gasteiger partial charge in [0.15, 0.2) is 5.82 Å². The van der Waals surface area contributed by atoms with Gasteiger partial charge in [0.2, 0.25) is 11.9 Å². The normalized spacial score (nSPS) is 27.5. The second-order valence-corrected chi connectivity index (χ2v) is 13.0. The first-order chi connectivity index (χ1) is 20.4. The molecule has 0 bridgehead atoms. The van der Waals surface area contributed by atoms with E-state index < -0.39 is 0 Å². The van der Waals surface area contributed by atoms with E-state index in [0.29, 0.717) is 42.2 Å². The number of benzene rings is 1. The van der Waals surface area contributed by atoms with Gasteiger partial charge >= 0.3 is 0 Å². The molecule has 5 aliphatic rings. The fourth-order valence-electron chi connectivity index (χ4n) is 8.22. The fraction of sp³-hybridized carbons (Fsp3) is 0.625. The van der Waals surface area contributed by atoms with E-state index in [1.807, 2.05) is 19.2 Å². The fourth-order valence-corrected chi connectivity index (χ4v) is 8.22. The van der Waals surface area contributed by atoms with E-state index in [1.165, 1.54) is 19.3 Å². The first kappa shape index (κ1) is 27.4. The number of aromatic nitrogens is 2. The van der Waals surface area contributed by atoms with Crippen LogP contribution in [0.4, 0.5) is 23.1 Å². The summed E-state index contributed by atoms with van der Waals surface area (Å²) in [5.74, 6) is 3.48. The van der Waals surface area contributed by atoms with Gasteiger partial charge in [-0.1, -0.05) is 19.8 Å². The number of piperidine rings is 1. The van der Waals surface area contributed by atoms with E-state index in [1.54, 1.807) is 11.1 Å². The quantitative estimate of drug-likeness (QED) is 0.532. The molecule has 1 unspecified atom stereocenters. The topological polar surface area (TPSA) is 103 Å². The Bertz CT molecular complexity index is 1380. The van der Waals surface area contributed by atoms with Crippen molar-refractivity contribution in [2.45, 2.75) is 82.8 Å². The summed E-state index contributed by atoms with van der Waals surface area (Å²) < 4.78 is 6.07. The van der Waals surface area contributed by atoms with Gasteiger partial charge in [0.1, 0.15) is 17.5 Å². The Morgan fingerprint density at radius 1 is 1.12 bits per heavy atom. The van der Waals surface area contributed by atoms with Gasteiger partial charge in [-0.05, 0) is 76.1 Å². The summed E-state index contributed by atoms with van der Waals surface area (Å²) in [6.45, 7) is 4.90. The molecule has 0 radical (unpaired) electrons. The maximum Gasteiger partial charge on any atom is 0.251 e. The average molecular weight is 574 g/mol. The number of likely N-dealkylation sites (tertiary alicyclic amines) is 1. The number of nitrogens with zero attached hydrogens (tertiary/aromatic N) is 5. The molecule has 2 saturated carbocycles. The predicted molar refractivity (Wildman–Crippen MR) is 163 cm³/mol. The minimum Gasteiger partial charge on any atom is -0.491 e. The van der Waals surface area contributed by atoms with Gasteiger partial charge in [0.25, 0.3) is 5.91 Å². The van der Waals surface area contributed by atoms with E-state index >= 15 is 0 Å². The van der Waals surface area contributed by atoms with Crippen LogP contribution >= 0.6 is 0 Å². The van der Waals surface area contributed by atoms with Gasteiger partial charge in [-0.25, -0.2) is 4.98 Å². The second-order valence-electron chi connectivity index (χ2n) is 13.0. The zero-order chi connectivity index (χ0) is 29.0. The van der Waals surface area contributed by atoms with Crippen molar-refractivity contribution in [1.29, 1.82) is 0 Å². The Balaban J connectivity index is 1.12. The van der Waals surface area contributed by atoms with Crippen molar-refractivity contribution in [3.63, 3.8) is 0 Å². The number of ether oxygens (including phenoxy) is 1. The lowest BCUT2D eigenvalue weighted by Crippen LogP contribution is -2.55. The Hall–Kier alpha value is -3.40. The maximum atomic E-state index is 13.5. The lowest BCUT2D eigenvalue weighted by Gasteiger charge is -2.43. The van der Waals surface area contributed by atoms with Crippen LogP contribution in [0.5, 0.6) is 5.75 Å². The van der Waals surface area contributed by atoms with Crippen molar-refractivity contribution >= 4 is 35.0 Å².